The van der Waals surface area contributed by atoms with Crippen LogP contribution in [0.2, 0.25) is 0 Å². The van der Waals surface area contributed by atoms with E-state index < -0.39 is 6.09 Å². The van der Waals surface area contributed by atoms with Gasteiger partial charge in [-0.05, 0) is 37.5 Å². The first-order chi connectivity index (χ1) is 12.4. The van der Waals surface area contributed by atoms with E-state index in [4.69, 9.17) is 9.47 Å². The molecule has 1 aliphatic heterocycles. The van der Waals surface area contributed by atoms with Crippen molar-refractivity contribution in [1.29, 1.82) is 0 Å². The fourth-order valence-electron chi connectivity index (χ4n) is 4.39. The Hall–Kier alpha value is -1.60. The molecule has 3 rings (SSSR count). The van der Waals surface area contributed by atoms with Gasteiger partial charge in [0.2, 0.25) is 0 Å². The SMILES string of the molecule is CNC(=O)OCCNCc1c[nH]nc1C1CCC2(CC1)CC(C)(C)CO2. The van der Waals surface area contributed by atoms with Crippen molar-refractivity contribution >= 4 is 6.09 Å². The third-order valence-corrected chi connectivity index (χ3v) is 5.64. The number of hydrogen-bond acceptors (Lipinski definition) is 5. The lowest BCUT2D eigenvalue weighted by Crippen LogP contribution is -2.33. The van der Waals surface area contributed by atoms with Crippen LogP contribution < -0.4 is 10.6 Å². The van der Waals surface area contributed by atoms with Gasteiger partial charge in [0.25, 0.3) is 0 Å². The number of aromatic amines is 1. The van der Waals surface area contributed by atoms with E-state index >= 15 is 0 Å². The average molecular weight is 364 g/mol. The summed E-state index contributed by atoms with van der Waals surface area (Å²) in [6.07, 6.45) is 7.27. The molecule has 7 heteroatoms. The third kappa shape index (κ3) is 4.57. The zero-order chi connectivity index (χ0) is 18.6. The summed E-state index contributed by atoms with van der Waals surface area (Å²) >= 11 is 0. The molecule has 1 aromatic rings. The van der Waals surface area contributed by atoms with E-state index in [0.29, 0.717) is 24.5 Å². The van der Waals surface area contributed by atoms with Gasteiger partial charge in [0.15, 0.2) is 0 Å². The summed E-state index contributed by atoms with van der Waals surface area (Å²) in [5.41, 5.74) is 2.80. The van der Waals surface area contributed by atoms with Gasteiger partial charge >= 0.3 is 6.09 Å². The number of nitrogens with zero attached hydrogens (tertiary/aromatic N) is 1. The predicted octanol–water partition coefficient (Wildman–Crippen LogP) is 2.70. The highest BCUT2D eigenvalue weighted by Crippen LogP contribution is 2.49. The number of carbonyl (C=O) groups excluding carboxylic acids is 1. The number of alkyl carbamates (subject to hydrolysis) is 1. The largest absolute Gasteiger partial charge is 0.448 e. The summed E-state index contributed by atoms with van der Waals surface area (Å²) in [4.78, 5) is 11.0. The van der Waals surface area contributed by atoms with E-state index in [9.17, 15) is 4.79 Å². The van der Waals surface area contributed by atoms with Crippen LogP contribution in [0.5, 0.6) is 0 Å². The molecule has 0 bridgehead atoms. The Morgan fingerprint density at radius 3 is 2.85 bits per heavy atom. The van der Waals surface area contributed by atoms with E-state index in [1.807, 2.05) is 6.20 Å². The lowest BCUT2D eigenvalue weighted by molar-refractivity contribution is -0.0296. The predicted molar refractivity (Wildman–Crippen MR) is 99.0 cm³/mol. The molecule has 1 spiro atoms. The standard InChI is InChI=1S/C19H32N4O3/c1-18(2)12-19(26-13-18)6-4-14(5-7-19)16-15(11-22-23-16)10-21-8-9-25-17(24)20-3/h11,14,21H,4-10,12-13H2,1-3H3,(H,20,24)(H,22,23). The average Bonchev–Trinajstić information content (AvgIpc) is 3.19. The second-order valence-corrected chi connectivity index (χ2v) is 8.45. The number of H-pyrrole nitrogens is 1. The van der Waals surface area contributed by atoms with Crippen LogP contribution >= 0.6 is 0 Å². The molecule has 146 valence electrons. The van der Waals surface area contributed by atoms with Crippen molar-refractivity contribution in [2.45, 2.75) is 64.0 Å². The van der Waals surface area contributed by atoms with E-state index in [2.05, 4.69) is 34.7 Å². The van der Waals surface area contributed by atoms with Gasteiger partial charge in [-0.1, -0.05) is 13.8 Å². The van der Waals surface area contributed by atoms with Crippen LogP contribution in [-0.2, 0) is 16.0 Å². The van der Waals surface area contributed by atoms with Gasteiger partial charge in [0.05, 0.1) is 17.9 Å². The minimum Gasteiger partial charge on any atom is -0.448 e. The first kappa shape index (κ1) is 19.2. The van der Waals surface area contributed by atoms with Crippen LogP contribution in [0.3, 0.4) is 0 Å². The van der Waals surface area contributed by atoms with Gasteiger partial charge in [-0.3, -0.25) is 5.10 Å². The quantitative estimate of drug-likeness (QED) is 0.676. The summed E-state index contributed by atoms with van der Waals surface area (Å²) < 4.78 is 11.2. The first-order valence-corrected chi connectivity index (χ1v) is 9.65. The van der Waals surface area contributed by atoms with Gasteiger partial charge in [0, 0.05) is 37.8 Å². The molecule has 1 saturated carbocycles. The second-order valence-electron chi connectivity index (χ2n) is 8.45. The summed E-state index contributed by atoms with van der Waals surface area (Å²) in [5, 5.41) is 13.3. The molecule has 2 aliphatic rings. The fraction of sp³-hybridized carbons (Fsp3) is 0.789. The van der Waals surface area contributed by atoms with E-state index in [1.165, 1.54) is 17.7 Å². The third-order valence-electron chi connectivity index (χ3n) is 5.64. The number of amides is 1. The topological polar surface area (TPSA) is 88.3 Å². The number of ether oxygens (including phenoxy) is 2. The molecule has 2 heterocycles. The molecule has 0 aromatic carbocycles. The highest BCUT2D eigenvalue weighted by Gasteiger charge is 2.46. The molecule has 0 unspecified atom stereocenters. The van der Waals surface area contributed by atoms with E-state index in [1.54, 1.807) is 7.05 Å². The molecule has 26 heavy (non-hydrogen) atoms. The molecule has 1 aromatic heterocycles. The Bertz CT molecular complexity index is 606. The van der Waals surface area contributed by atoms with Gasteiger partial charge in [-0.15, -0.1) is 0 Å². The lowest BCUT2D eigenvalue weighted by atomic mass is 9.72. The number of hydrogen-bond donors (Lipinski definition) is 3. The first-order valence-electron chi connectivity index (χ1n) is 9.65. The number of carbonyl (C=O) groups is 1. The highest BCUT2D eigenvalue weighted by atomic mass is 16.5. The van der Waals surface area contributed by atoms with Crippen LogP contribution in [0.15, 0.2) is 6.20 Å². The molecule has 1 amide bonds. The van der Waals surface area contributed by atoms with Crippen LogP contribution in [0.1, 0.15) is 63.1 Å². The summed E-state index contributed by atoms with van der Waals surface area (Å²) in [6, 6.07) is 0. The Morgan fingerprint density at radius 2 is 2.19 bits per heavy atom. The minimum absolute atomic E-state index is 0.103. The second kappa shape index (κ2) is 7.96. The molecule has 3 N–H and O–H groups in total. The van der Waals surface area contributed by atoms with Crippen molar-refractivity contribution in [3.05, 3.63) is 17.5 Å². The van der Waals surface area contributed by atoms with Gasteiger partial charge in [-0.2, -0.15) is 5.10 Å². The van der Waals surface area contributed by atoms with Crippen LogP contribution in [-0.4, -0.2) is 48.7 Å². The Morgan fingerprint density at radius 1 is 1.42 bits per heavy atom. The zero-order valence-corrected chi connectivity index (χ0v) is 16.2. The maximum absolute atomic E-state index is 11.0. The normalized spacial score (nSPS) is 27.6. The minimum atomic E-state index is -0.399. The number of aromatic nitrogens is 2. The summed E-state index contributed by atoms with van der Waals surface area (Å²) in [7, 11) is 1.55. The monoisotopic (exact) mass is 364 g/mol. The molecule has 1 saturated heterocycles. The highest BCUT2D eigenvalue weighted by molar-refractivity contribution is 5.66. The van der Waals surface area contributed by atoms with Crippen LogP contribution in [0, 0.1) is 5.41 Å². The molecule has 7 nitrogen and oxygen atoms in total. The summed E-state index contributed by atoms with van der Waals surface area (Å²) in [6.45, 7) is 7.19. The van der Waals surface area contributed by atoms with Crippen molar-refractivity contribution in [2.24, 2.45) is 5.41 Å². The van der Waals surface area contributed by atoms with E-state index in [-0.39, 0.29) is 5.60 Å². The van der Waals surface area contributed by atoms with Crippen LogP contribution in [0.4, 0.5) is 4.79 Å². The molecular formula is C19H32N4O3. The Labute approximate surface area is 155 Å². The van der Waals surface area contributed by atoms with Gasteiger partial charge < -0.3 is 20.1 Å². The van der Waals surface area contributed by atoms with Gasteiger partial charge in [0.1, 0.15) is 6.61 Å². The molecule has 0 radical (unpaired) electrons. The smallest absolute Gasteiger partial charge is 0.406 e. The molecule has 2 fully saturated rings. The van der Waals surface area contributed by atoms with Crippen molar-refractivity contribution in [3.8, 4) is 0 Å². The Kier molecular flexibility index (Phi) is 5.87. The fourth-order valence-corrected chi connectivity index (χ4v) is 4.39. The zero-order valence-electron chi connectivity index (χ0n) is 16.2. The Balaban J connectivity index is 1.46. The van der Waals surface area contributed by atoms with Crippen LogP contribution in [0.25, 0.3) is 0 Å². The molecule has 0 atom stereocenters. The maximum Gasteiger partial charge on any atom is 0.406 e. The maximum atomic E-state index is 11.0. The van der Waals surface area contributed by atoms with E-state index in [0.717, 1.165) is 38.8 Å². The van der Waals surface area contributed by atoms with Crippen molar-refractivity contribution < 1.29 is 14.3 Å². The number of nitrogens with one attached hydrogen (secondary N) is 3. The lowest BCUT2D eigenvalue weighted by Gasteiger charge is -2.36. The number of rotatable bonds is 6. The van der Waals surface area contributed by atoms with Crippen molar-refractivity contribution in [2.75, 3.05) is 26.8 Å². The molecule has 1 aliphatic carbocycles. The summed E-state index contributed by atoms with van der Waals surface area (Å²) in [5.74, 6) is 0.498. The van der Waals surface area contributed by atoms with Crippen molar-refractivity contribution in [3.63, 3.8) is 0 Å². The molecular weight excluding hydrogens is 332 g/mol. The van der Waals surface area contributed by atoms with Gasteiger partial charge in [-0.25, -0.2) is 4.79 Å². The van der Waals surface area contributed by atoms with Crippen molar-refractivity contribution in [1.82, 2.24) is 20.8 Å².